The van der Waals surface area contributed by atoms with Crippen molar-refractivity contribution in [1.29, 1.82) is 0 Å². The van der Waals surface area contributed by atoms with Crippen molar-refractivity contribution in [1.82, 2.24) is 0 Å². The minimum Gasteiger partial charge on any atom is -0.497 e. The van der Waals surface area contributed by atoms with Crippen LogP contribution in [0.1, 0.15) is 18.4 Å². The van der Waals surface area contributed by atoms with Crippen LogP contribution in [0.3, 0.4) is 0 Å². The van der Waals surface area contributed by atoms with Gasteiger partial charge in [-0.1, -0.05) is 11.8 Å². The molecule has 4 nitrogen and oxygen atoms in total. The summed E-state index contributed by atoms with van der Waals surface area (Å²) >= 11 is 0. The minimum atomic E-state index is -0.0563. The number of nitrogens with one attached hydrogen (secondary N) is 1. The van der Waals surface area contributed by atoms with E-state index in [1.807, 2.05) is 24.3 Å². The number of amides is 1. The highest BCUT2D eigenvalue weighted by molar-refractivity contribution is 5.90. The first-order valence-electron chi connectivity index (χ1n) is 7.28. The predicted octanol–water partition coefficient (Wildman–Crippen LogP) is 3.47. The third-order valence-electron chi connectivity index (χ3n) is 3.17. The average molecular weight is 309 g/mol. The molecule has 0 saturated carbocycles. The molecule has 0 bridgehead atoms. The van der Waals surface area contributed by atoms with E-state index in [0.29, 0.717) is 12.8 Å². The van der Waals surface area contributed by atoms with E-state index in [1.165, 1.54) is 0 Å². The van der Waals surface area contributed by atoms with Crippen LogP contribution in [0.2, 0.25) is 0 Å². The Hall–Kier alpha value is -2.93. The van der Waals surface area contributed by atoms with Crippen LogP contribution in [-0.4, -0.2) is 20.1 Å². The molecule has 0 saturated heterocycles. The Morgan fingerprint density at radius 1 is 0.957 bits per heavy atom. The fraction of sp³-hybridized carbons (Fsp3) is 0.211. The third kappa shape index (κ3) is 5.40. The van der Waals surface area contributed by atoms with Crippen LogP contribution < -0.4 is 14.8 Å². The van der Waals surface area contributed by atoms with Crippen molar-refractivity contribution in [3.05, 3.63) is 54.1 Å². The first kappa shape index (κ1) is 16.4. The fourth-order valence-corrected chi connectivity index (χ4v) is 1.91. The zero-order valence-electron chi connectivity index (χ0n) is 13.3. The van der Waals surface area contributed by atoms with E-state index < -0.39 is 0 Å². The Balaban J connectivity index is 1.78. The van der Waals surface area contributed by atoms with Gasteiger partial charge in [0.25, 0.3) is 0 Å². The van der Waals surface area contributed by atoms with E-state index in [9.17, 15) is 4.79 Å². The molecule has 1 N–H and O–H groups in total. The predicted molar refractivity (Wildman–Crippen MR) is 90.7 cm³/mol. The molecule has 2 aromatic rings. The normalized spacial score (nSPS) is 9.48. The maximum atomic E-state index is 11.8. The van der Waals surface area contributed by atoms with Gasteiger partial charge in [0.05, 0.1) is 14.2 Å². The van der Waals surface area contributed by atoms with E-state index in [4.69, 9.17) is 9.47 Å². The lowest BCUT2D eigenvalue weighted by molar-refractivity contribution is -0.116. The zero-order chi connectivity index (χ0) is 16.5. The molecule has 2 aromatic carbocycles. The number of ether oxygens (including phenoxy) is 2. The molecule has 4 heteroatoms. The molecule has 1 amide bonds. The Bertz CT molecular complexity index is 694. The van der Waals surface area contributed by atoms with Crippen LogP contribution in [0.4, 0.5) is 5.69 Å². The van der Waals surface area contributed by atoms with Crippen LogP contribution in [0, 0.1) is 11.8 Å². The molecule has 0 aliphatic heterocycles. The molecule has 0 aliphatic rings. The van der Waals surface area contributed by atoms with Gasteiger partial charge >= 0.3 is 0 Å². The average Bonchev–Trinajstić information content (AvgIpc) is 2.60. The van der Waals surface area contributed by atoms with Gasteiger partial charge in [0.15, 0.2) is 0 Å². The standard InChI is InChI=1S/C19H19NO3/c1-22-17-11-7-15(8-12-17)5-3-4-6-19(21)20-16-9-13-18(23-2)14-10-16/h7-14H,4,6H2,1-2H3,(H,20,21). The summed E-state index contributed by atoms with van der Waals surface area (Å²) in [6, 6.07) is 14.7. The van der Waals surface area contributed by atoms with Crippen molar-refractivity contribution < 1.29 is 14.3 Å². The molecular weight excluding hydrogens is 290 g/mol. The van der Waals surface area contributed by atoms with Crippen molar-refractivity contribution in [2.45, 2.75) is 12.8 Å². The lowest BCUT2D eigenvalue weighted by Gasteiger charge is -2.05. The Labute approximate surface area is 136 Å². The molecular formula is C19H19NO3. The van der Waals surface area contributed by atoms with E-state index in [2.05, 4.69) is 17.2 Å². The molecule has 0 fully saturated rings. The van der Waals surface area contributed by atoms with Gasteiger partial charge < -0.3 is 14.8 Å². The lowest BCUT2D eigenvalue weighted by atomic mass is 10.2. The number of carbonyl (C=O) groups is 1. The molecule has 0 spiro atoms. The van der Waals surface area contributed by atoms with Crippen molar-refractivity contribution in [2.75, 3.05) is 19.5 Å². The number of methoxy groups -OCH3 is 2. The number of anilines is 1. The number of hydrogen-bond acceptors (Lipinski definition) is 3. The summed E-state index contributed by atoms with van der Waals surface area (Å²) in [5.41, 5.74) is 1.65. The molecule has 0 aliphatic carbocycles. The van der Waals surface area contributed by atoms with Crippen molar-refractivity contribution in [2.24, 2.45) is 0 Å². The highest BCUT2D eigenvalue weighted by Crippen LogP contribution is 2.15. The topological polar surface area (TPSA) is 47.6 Å². The highest BCUT2D eigenvalue weighted by Gasteiger charge is 2.01. The summed E-state index contributed by atoms with van der Waals surface area (Å²) < 4.78 is 10.2. The van der Waals surface area contributed by atoms with E-state index in [-0.39, 0.29) is 5.91 Å². The summed E-state index contributed by atoms with van der Waals surface area (Å²) in [6.07, 6.45) is 0.864. The van der Waals surface area contributed by atoms with Gasteiger partial charge in [-0.3, -0.25) is 4.79 Å². The molecule has 118 valence electrons. The van der Waals surface area contributed by atoms with Crippen LogP contribution in [0.15, 0.2) is 48.5 Å². The second-order valence-electron chi connectivity index (χ2n) is 4.81. The Morgan fingerprint density at radius 2 is 1.52 bits per heavy atom. The van der Waals surface area contributed by atoms with Gasteiger partial charge in [0, 0.05) is 24.1 Å². The van der Waals surface area contributed by atoms with Gasteiger partial charge in [0.2, 0.25) is 5.91 Å². The molecule has 2 rings (SSSR count). The summed E-state index contributed by atoms with van der Waals surface area (Å²) in [6.45, 7) is 0. The van der Waals surface area contributed by atoms with E-state index >= 15 is 0 Å². The first-order valence-corrected chi connectivity index (χ1v) is 7.28. The molecule has 0 radical (unpaired) electrons. The van der Waals surface area contributed by atoms with Crippen molar-refractivity contribution >= 4 is 11.6 Å². The van der Waals surface area contributed by atoms with Gasteiger partial charge in [-0.15, -0.1) is 0 Å². The van der Waals surface area contributed by atoms with Crippen LogP contribution >= 0.6 is 0 Å². The van der Waals surface area contributed by atoms with Gasteiger partial charge in [-0.2, -0.15) is 0 Å². The fourth-order valence-electron chi connectivity index (χ4n) is 1.91. The van der Waals surface area contributed by atoms with Gasteiger partial charge in [0.1, 0.15) is 11.5 Å². The second kappa shape index (κ2) is 8.50. The SMILES string of the molecule is COc1ccc(C#CCCC(=O)Nc2ccc(OC)cc2)cc1. The van der Waals surface area contributed by atoms with Crippen LogP contribution in [0.5, 0.6) is 11.5 Å². The highest BCUT2D eigenvalue weighted by atomic mass is 16.5. The molecule has 0 atom stereocenters. The second-order valence-corrected chi connectivity index (χ2v) is 4.81. The summed E-state index contributed by atoms with van der Waals surface area (Å²) in [4.78, 5) is 11.8. The van der Waals surface area contributed by atoms with Gasteiger partial charge in [-0.25, -0.2) is 0 Å². The largest absolute Gasteiger partial charge is 0.497 e. The van der Waals surface area contributed by atoms with Crippen LogP contribution in [-0.2, 0) is 4.79 Å². The molecule has 0 heterocycles. The minimum absolute atomic E-state index is 0.0563. The quantitative estimate of drug-likeness (QED) is 0.860. The zero-order valence-corrected chi connectivity index (χ0v) is 13.3. The van der Waals surface area contributed by atoms with Crippen LogP contribution in [0.25, 0.3) is 0 Å². The summed E-state index contributed by atoms with van der Waals surface area (Å²) in [5.74, 6) is 7.53. The maximum absolute atomic E-state index is 11.8. The number of rotatable bonds is 5. The Kier molecular flexibility index (Phi) is 6.07. The number of carbonyl (C=O) groups excluding carboxylic acids is 1. The third-order valence-corrected chi connectivity index (χ3v) is 3.17. The first-order chi connectivity index (χ1) is 11.2. The summed E-state index contributed by atoms with van der Waals surface area (Å²) in [7, 11) is 3.23. The lowest BCUT2D eigenvalue weighted by Crippen LogP contribution is -2.10. The smallest absolute Gasteiger partial charge is 0.225 e. The molecule has 0 aromatic heterocycles. The van der Waals surface area contributed by atoms with Crippen molar-refractivity contribution in [3.63, 3.8) is 0 Å². The number of hydrogen-bond donors (Lipinski definition) is 1. The molecule has 0 unspecified atom stereocenters. The summed E-state index contributed by atoms with van der Waals surface area (Å²) in [5, 5.41) is 2.83. The van der Waals surface area contributed by atoms with Crippen molar-refractivity contribution in [3.8, 4) is 23.3 Å². The Morgan fingerprint density at radius 3 is 2.09 bits per heavy atom. The molecule has 23 heavy (non-hydrogen) atoms. The monoisotopic (exact) mass is 309 g/mol. The van der Waals surface area contributed by atoms with E-state index in [1.54, 1.807) is 38.5 Å². The van der Waals surface area contributed by atoms with E-state index in [0.717, 1.165) is 22.7 Å². The number of benzene rings is 2. The van der Waals surface area contributed by atoms with Gasteiger partial charge in [-0.05, 0) is 48.5 Å². The maximum Gasteiger partial charge on any atom is 0.225 e.